The number of unbranched alkanes of at least 4 members (excludes halogenated alkanes) is 1. The van der Waals surface area contributed by atoms with Gasteiger partial charge < -0.3 is 10.3 Å². The van der Waals surface area contributed by atoms with Gasteiger partial charge in [0.25, 0.3) is 5.56 Å². The number of halogens is 1. The fraction of sp³-hybridized carbons (Fsp3) is 0.357. The van der Waals surface area contributed by atoms with Crippen molar-refractivity contribution in [1.82, 2.24) is 15.3 Å². The number of carbonyl (C=O) groups excluding carboxylic acids is 1. The predicted octanol–water partition coefficient (Wildman–Crippen LogP) is 2.14. The van der Waals surface area contributed by atoms with E-state index in [0.29, 0.717) is 23.3 Å². The van der Waals surface area contributed by atoms with E-state index in [4.69, 9.17) is 0 Å². The number of H-pyrrole nitrogens is 1. The number of nitrogens with zero attached hydrogens (tertiary/aromatic N) is 1. The van der Waals surface area contributed by atoms with Crippen LogP contribution in [0.4, 0.5) is 0 Å². The Morgan fingerprint density at radius 1 is 1.45 bits per heavy atom. The van der Waals surface area contributed by atoms with Crippen LogP contribution in [0.25, 0.3) is 10.9 Å². The lowest BCUT2D eigenvalue weighted by Crippen LogP contribution is -2.27. The minimum Gasteiger partial charge on any atom is -0.356 e. The zero-order valence-electron chi connectivity index (χ0n) is 11.2. The van der Waals surface area contributed by atoms with Crippen LogP contribution in [0.5, 0.6) is 0 Å². The quantitative estimate of drug-likeness (QED) is 0.821. The van der Waals surface area contributed by atoms with Crippen molar-refractivity contribution < 1.29 is 4.79 Å². The van der Waals surface area contributed by atoms with Gasteiger partial charge in [-0.3, -0.25) is 9.59 Å². The van der Waals surface area contributed by atoms with Crippen LogP contribution in [-0.2, 0) is 11.2 Å². The Labute approximate surface area is 124 Å². The minimum atomic E-state index is -0.229. The predicted molar refractivity (Wildman–Crippen MR) is 81.7 cm³/mol. The molecule has 2 rings (SSSR count). The maximum Gasteiger partial charge on any atom is 0.258 e. The van der Waals surface area contributed by atoms with Gasteiger partial charge in [0.05, 0.1) is 17.3 Å². The molecule has 1 amide bonds. The second-order valence-corrected chi connectivity index (χ2v) is 5.47. The molecule has 6 heteroatoms. The average molecular weight is 338 g/mol. The van der Waals surface area contributed by atoms with E-state index in [1.54, 1.807) is 12.1 Å². The normalized spacial score (nSPS) is 10.7. The first-order chi connectivity index (χ1) is 9.60. The molecule has 106 valence electrons. The van der Waals surface area contributed by atoms with Gasteiger partial charge in [0.15, 0.2) is 0 Å². The number of hydrogen-bond donors (Lipinski definition) is 2. The molecule has 20 heavy (non-hydrogen) atoms. The molecule has 0 spiro atoms. The first-order valence-electron chi connectivity index (χ1n) is 6.55. The van der Waals surface area contributed by atoms with Gasteiger partial charge in [-0.15, -0.1) is 0 Å². The maximum absolute atomic E-state index is 11.9. The number of rotatable bonds is 5. The van der Waals surface area contributed by atoms with Gasteiger partial charge in [0, 0.05) is 11.0 Å². The summed E-state index contributed by atoms with van der Waals surface area (Å²) in [5.74, 6) is 0.261. The molecule has 5 nitrogen and oxygen atoms in total. The van der Waals surface area contributed by atoms with E-state index < -0.39 is 0 Å². The summed E-state index contributed by atoms with van der Waals surface area (Å²) >= 11 is 3.32. The monoisotopic (exact) mass is 337 g/mol. The molecule has 0 aliphatic carbocycles. The third-order valence-electron chi connectivity index (χ3n) is 2.90. The van der Waals surface area contributed by atoms with E-state index in [1.165, 1.54) is 0 Å². The van der Waals surface area contributed by atoms with Crippen LogP contribution < -0.4 is 10.9 Å². The molecule has 2 N–H and O–H groups in total. The number of carbonyl (C=O) groups is 1. The highest BCUT2D eigenvalue weighted by molar-refractivity contribution is 9.10. The Bertz CT molecular complexity index is 682. The zero-order chi connectivity index (χ0) is 14.5. The lowest BCUT2D eigenvalue weighted by Gasteiger charge is -2.05. The van der Waals surface area contributed by atoms with E-state index in [2.05, 4.69) is 38.1 Å². The smallest absolute Gasteiger partial charge is 0.258 e. The molecule has 0 unspecified atom stereocenters. The largest absolute Gasteiger partial charge is 0.356 e. The summed E-state index contributed by atoms with van der Waals surface area (Å²) in [6.45, 7) is 2.72. The van der Waals surface area contributed by atoms with Crippen LogP contribution in [-0.4, -0.2) is 22.4 Å². The molecule has 1 aromatic heterocycles. The highest BCUT2D eigenvalue weighted by atomic mass is 79.9. The SMILES string of the molecule is CCCCNC(=O)Cc1nc2ccc(Br)cc2c(=O)[nH]1. The van der Waals surface area contributed by atoms with Crippen molar-refractivity contribution in [2.45, 2.75) is 26.2 Å². The summed E-state index contributed by atoms with van der Waals surface area (Å²) in [5.41, 5.74) is 0.362. The zero-order valence-corrected chi connectivity index (χ0v) is 12.8. The third kappa shape index (κ3) is 3.66. The summed E-state index contributed by atoms with van der Waals surface area (Å²) in [6, 6.07) is 5.29. The van der Waals surface area contributed by atoms with E-state index in [-0.39, 0.29) is 17.9 Å². The van der Waals surface area contributed by atoms with E-state index in [0.717, 1.165) is 17.3 Å². The first kappa shape index (κ1) is 14.7. The van der Waals surface area contributed by atoms with Crippen molar-refractivity contribution in [2.75, 3.05) is 6.54 Å². The molecule has 0 bridgehead atoms. The summed E-state index contributed by atoms with van der Waals surface area (Å²) in [7, 11) is 0. The van der Waals surface area contributed by atoms with Gasteiger partial charge in [-0.1, -0.05) is 29.3 Å². The number of nitrogens with one attached hydrogen (secondary N) is 2. The topological polar surface area (TPSA) is 74.8 Å². The molecular weight excluding hydrogens is 322 g/mol. The Morgan fingerprint density at radius 3 is 3.00 bits per heavy atom. The van der Waals surface area contributed by atoms with Gasteiger partial charge >= 0.3 is 0 Å². The van der Waals surface area contributed by atoms with Crippen molar-refractivity contribution in [3.05, 3.63) is 38.9 Å². The van der Waals surface area contributed by atoms with Gasteiger partial charge in [-0.2, -0.15) is 0 Å². The number of benzene rings is 1. The van der Waals surface area contributed by atoms with Crippen molar-refractivity contribution in [3.8, 4) is 0 Å². The number of aromatic amines is 1. The Kier molecular flexibility index (Phi) is 4.89. The molecule has 0 aliphatic rings. The third-order valence-corrected chi connectivity index (χ3v) is 3.39. The Balaban J connectivity index is 2.17. The summed E-state index contributed by atoms with van der Waals surface area (Å²) in [4.78, 5) is 30.6. The van der Waals surface area contributed by atoms with Crippen LogP contribution >= 0.6 is 15.9 Å². The highest BCUT2D eigenvalue weighted by Crippen LogP contribution is 2.15. The first-order valence-corrected chi connectivity index (χ1v) is 7.34. The lowest BCUT2D eigenvalue weighted by atomic mass is 10.2. The fourth-order valence-electron chi connectivity index (χ4n) is 1.86. The summed E-state index contributed by atoms with van der Waals surface area (Å²) in [6.07, 6.45) is 2.06. The molecule has 0 radical (unpaired) electrons. The summed E-state index contributed by atoms with van der Waals surface area (Å²) in [5, 5.41) is 3.31. The van der Waals surface area contributed by atoms with Crippen molar-refractivity contribution >= 4 is 32.7 Å². The van der Waals surface area contributed by atoms with Crippen molar-refractivity contribution in [3.63, 3.8) is 0 Å². The molecule has 0 saturated carbocycles. The van der Waals surface area contributed by atoms with Crippen LogP contribution in [0.15, 0.2) is 27.5 Å². The van der Waals surface area contributed by atoms with E-state index >= 15 is 0 Å². The van der Waals surface area contributed by atoms with Gasteiger partial charge in [-0.05, 0) is 24.6 Å². The van der Waals surface area contributed by atoms with Crippen molar-refractivity contribution in [1.29, 1.82) is 0 Å². The average Bonchev–Trinajstić information content (AvgIpc) is 2.40. The fourth-order valence-corrected chi connectivity index (χ4v) is 2.22. The standard InChI is InChI=1S/C14H16BrN3O2/c1-2-3-6-16-13(19)8-12-17-11-5-4-9(15)7-10(11)14(20)18-12/h4-5,7H,2-3,6,8H2,1H3,(H,16,19)(H,17,18,20). The van der Waals surface area contributed by atoms with Crippen LogP contribution in [0.1, 0.15) is 25.6 Å². The maximum atomic E-state index is 11.9. The second kappa shape index (κ2) is 6.65. The molecule has 0 fully saturated rings. The number of amides is 1. The molecular formula is C14H16BrN3O2. The minimum absolute atomic E-state index is 0.0883. The molecule has 0 atom stereocenters. The van der Waals surface area contributed by atoms with Gasteiger partial charge in [0.2, 0.25) is 5.91 Å². The number of fused-ring (bicyclic) bond motifs is 1. The molecule has 1 aromatic carbocycles. The number of aromatic nitrogens is 2. The highest BCUT2D eigenvalue weighted by Gasteiger charge is 2.08. The van der Waals surface area contributed by atoms with Crippen LogP contribution in [0.3, 0.4) is 0 Å². The van der Waals surface area contributed by atoms with Gasteiger partial charge in [0.1, 0.15) is 5.82 Å². The summed E-state index contributed by atoms with van der Waals surface area (Å²) < 4.78 is 0.822. The molecule has 0 aliphatic heterocycles. The van der Waals surface area contributed by atoms with E-state index in [1.807, 2.05) is 6.07 Å². The molecule has 2 aromatic rings. The van der Waals surface area contributed by atoms with Gasteiger partial charge in [-0.25, -0.2) is 4.98 Å². The van der Waals surface area contributed by atoms with Crippen molar-refractivity contribution in [2.24, 2.45) is 0 Å². The number of hydrogen-bond acceptors (Lipinski definition) is 3. The lowest BCUT2D eigenvalue weighted by molar-refractivity contribution is -0.120. The Morgan fingerprint density at radius 2 is 2.25 bits per heavy atom. The van der Waals surface area contributed by atoms with Crippen LogP contribution in [0, 0.1) is 0 Å². The Hall–Kier alpha value is -1.69. The van der Waals surface area contributed by atoms with Crippen LogP contribution in [0.2, 0.25) is 0 Å². The van der Waals surface area contributed by atoms with E-state index in [9.17, 15) is 9.59 Å². The molecule has 1 heterocycles. The second-order valence-electron chi connectivity index (χ2n) is 4.55. The molecule has 0 saturated heterocycles.